The summed E-state index contributed by atoms with van der Waals surface area (Å²) in [5.41, 5.74) is 4.70. The third kappa shape index (κ3) is 2.39. The summed E-state index contributed by atoms with van der Waals surface area (Å²) >= 11 is 0. The Labute approximate surface area is 127 Å². The van der Waals surface area contributed by atoms with Gasteiger partial charge in [-0.25, -0.2) is 0 Å². The summed E-state index contributed by atoms with van der Waals surface area (Å²) < 4.78 is 0. The third-order valence-electron chi connectivity index (χ3n) is 4.63. The molecule has 0 radical (unpaired) electrons. The Bertz CT molecular complexity index is 675. The van der Waals surface area contributed by atoms with Crippen molar-refractivity contribution in [2.24, 2.45) is 5.92 Å². The normalized spacial score (nSPS) is 23.9. The summed E-state index contributed by atoms with van der Waals surface area (Å²) in [5.74, 6) is 0.596. The lowest BCUT2D eigenvalue weighted by Gasteiger charge is -2.42. The summed E-state index contributed by atoms with van der Waals surface area (Å²) in [6.07, 6.45) is 10.8. The summed E-state index contributed by atoms with van der Waals surface area (Å²) in [5, 5.41) is 0. The molecule has 2 heteroatoms. The quantitative estimate of drug-likeness (QED) is 0.758. The molecule has 3 rings (SSSR count). The first-order chi connectivity index (χ1) is 10.2. The standard InChI is InChI=1S/C19H22N2/c1-4-8-19(9-5-15(19)3)16-7-11-21-18(13-16)17-12-14(2)6-10-20-17/h5-7,9-13,15H,4,8H2,1-3H3. The zero-order chi connectivity index (χ0) is 14.9. The highest BCUT2D eigenvalue weighted by Gasteiger charge is 2.39. The van der Waals surface area contributed by atoms with E-state index < -0.39 is 0 Å². The zero-order valence-electron chi connectivity index (χ0n) is 13.0. The summed E-state index contributed by atoms with van der Waals surface area (Å²) in [4.78, 5) is 8.98. The molecular weight excluding hydrogens is 256 g/mol. The van der Waals surface area contributed by atoms with Crippen LogP contribution in [0.1, 0.15) is 37.8 Å². The molecule has 0 N–H and O–H groups in total. The van der Waals surface area contributed by atoms with Gasteiger partial charge in [0.15, 0.2) is 0 Å². The van der Waals surface area contributed by atoms with Crippen LogP contribution in [0.15, 0.2) is 48.8 Å². The Morgan fingerprint density at radius 1 is 1.10 bits per heavy atom. The van der Waals surface area contributed by atoms with E-state index in [0.29, 0.717) is 5.92 Å². The first-order valence-corrected chi connectivity index (χ1v) is 7.74. The van der Waals surface area contributed by atoms with Crippen molar-refractivity contribution < 1.29 is 0 Å². The molecule has 0 saturated carbocycles. The summed E-state index contributed by atoms with van der Waals surface area (Å²) in [6.45, 7) is 6.65. The van der Waals surface area contributed by atoms with Gasteiger partial charge in [0, 0.05) is 17.8 Å². The molecule has 2 nitrogen and oxygen atoms in total. The van der Waals surface area contributed by atoms with Gasteiger partial charge >= 0.3 is 0 Å². The van der Waals surface area contributed by atoms with Crippen LogP contribution < -0.4 is 0 Å². The van der Waals surface area contributed by atoms with Gasteiger partial charge in [-0.15, -0.1) is 0 Å². The lowest BCUT2D eigenvalue weighted by molar-refractivity contribution is 0.344. The number of rotatable bonds is 4. The second-order valence-corrected chi connectivity index (χ2v) is 6.09. The minimum atomic E-state index is 0.191. The van der Waals surface area contributed by atoms with Crippen LogP contribution in [-0.4, -0.2) is 9.97 Å². The van der Waals surface area contributed by atoms with Crippen LogP contribution in [-0.2, 0) is 5.41 Å². The molecule has 2 heterocycles. The lowest BCUT2D eigenvalue weighted by Crippen LogP contribution is -2.37. The second kappa shape index (κ2) is 5.44. The van der Waals surface area contributed by atoms with Crippen LogP contribution in [0.5, 0.6) is 0 Å². The largest absolute Gasteiger partial charge is 0.255 e. The number of hydrogen-bond acceptors (Lipinski definition) is 2. The van der Waals surface area contributed by atoms with Gasteiger partial charge in [0.05, 0.1) is 11.4 Å². The van der Waals surface area contributed by atoms with Gasteiger partial charge in [0.2, 0.25) is 0 Å². The summed E-state index contributed by atoms with van der Waals surface area (Å²) in [6, 6.07) is 8.49. The molecule has 0 fully saturated rings. The van der Waals surface area contributed by atoms with Gasteiger partial charge < -0.3 is 0 Å². The number of aromatic nitrogens is 2. The molecule has 0 aliphatic heterocycles. The van der Waals surface area contributed by atoms with Crippen molar-refractivity contribution in [1.29, 1.82) is 0 Å². The minimum Gasteiger partial charge on any atom is -0.255 e. The van der Waals surface area contributed by atoms with E-state index in [0.717, 1.165) is 11.4 Å². The number of hydrogen-bond donors (Lipinski definition) is 0. The topological polar surface area (TPSA) is 25.8 Å². The fraction of sp³-hybridized carbons (Fsp3) is 0.368. The molecule has 0 aromatic carbocycles. The Morgan fingerprint density at radius 3 is 2.38 bits per heavy atom. The Balaban J connectivity index is 2.02. The molecule has 21 heavy (non-hydrogen) atoms. The number of allylic oxidation sites excluding steroid dienone is 2. The minimum absolute atomic E-state index is 0.191. The zero-order valence-corrected chi connectivity index (χ0v) is 13.0. The van der Waals surface area contributed by atoms with Crippen molar-refractivity contribution >= 4 is 0 Å². The average molecular weight is 278 g/mol. The first kappa shape index (κ1) is 14.0. The predicted molar refractivity (Wildman–Crippen MR) is 87.1 cm³/mol. The maximum Gasteiger partial charge on any atom is 0.0889 e. The van der Waals surface area contributed by atoms with Crippen molar-refractivity contribution in [3.05, 3.63) is 59.9 Å². The van der Waals surface area contributed by atoms with E-state index in [4.69, 9.17) is 0 Å². The fourth-order valence-electron chi connectivity index (χ4n) is 3.29. The Hall–Kier alpha value is -1.96. The SMILES string of the molecule is CCCC1(c2ccnc(-c3cc(C)ccn3)c2)C=CC1C. The van der Waals surface area contributed by atoms with E-state index in [9.17, 15) is 0 Å². The Morgan fingerprint density at radius 2 is 1.81 bits per heavy atom. The number of aryl methyl sites for hydroxylation is 1. The highest BCUT2D eigenvalue weighted by Crippen LogP contribution is 2.46. The monoisotopic (exact) mass is 278 g/mol. The van der Waals surface area contributed by atoms with Crippen LogP contribution in [0.3, 0.4) is 0 Å². The lowest BCUT2D eigenvalue weighted by atomic mass is 9.61. The molecule has 0 saturated heterocycles. The average Bonchev–Trinajstić information content (AvgIpc) is 2.51. The number of nitrogens with zero attached hydrogens (tertiary/aromatic N) is 2. The molecule has 2 atom stereocenters. The van der Waals surface area contributed by atoms with Gasteiger partial charge in [-0.05, 0) is 54.7 Å². The maximum atomic E-state index is 4.52. The molecule has 0 bridgehead atoms. The van der Waals surface area contributed by atoms with Crippen LogP contribution in [0.2, 0.25) is 0 Å². The van der Waals surface area contributed by atoms with Crippen LogP contribution >= 0.6 is 0 Å². The van der Waals surface area contributed by atoms with E-state index in [1.165, 1.54) is 24.0 Å². The molecule has 1 aliphatic rings. The van der Waals surface area contributed by atoms with Crippen molar-refractivity contribution in [3.8, 4) is 11.4 Å². The highest BCUT2D eigenvalue weighted by atomic mass is 14.8. The van der Waals surface area contributed by atoms with E-state index >= 15 is 0 Å². The first-order valence-electron chi connectivity index (χ1n) is 7.74. The van der Waals surface area contributed by atoms with E-state index in [1.54, 1.807) is 0 Å². The molecule has 108 valence electrons. The van der Waals surface area contributed by atoms with Gasteiger partial charge in [-0.3, -0.25) is 9.97 Å². The molecule has 2 aromatic rings. The van der Waals surface area contributed by atoms with Crippen molar-refractivity contribution in [3.63, 3.8) is 0 Å². The van der Waals surface area contributed by atoms with Crippen LogP contribution in [0.25, 0.3) is 11.4 Å². The fourth-order valence-corrected chi connectivity index (χ4v) is 3.29. The molecular formula is C19H22N2. The van der Waals surface area contributed by atoms with Gasteiger partial charge in [-0.2, -0.15) is 0 Å². The second-order valence-electron chi connectivity index (χ2n) is 6.09. The maximum absolute atomic E-state index is 4.52. The van der Waals surface area contributed by atoms with Crippen LogP contribution in [0.4, 0.5) is 0 Å². The predicted octanol–water partition coefficient (Wildman–Crippen LogP) is 4.70. The highest BCUT2D eigenvalue weighted by molar-refractivity contribution is 5.57. The number of pyridine rings is 2. The van der Waals surface area contributed by atoms with Crippen LogP contribution in [0, 0.1) is 12.8 Å². The van der Waals surface area contributed by atoms with Gasteiger partial charge in [-0.1, -0.05) is 32.4 Å². The van der Waals surface area contributed by atoms with E-state index in [1.807, 2.05) is 18.5 Å². The van der Waals surface area contributed by atoms with Gasteiger partial charge in [0.25, 0.3) is 0 Å². The summed E-state index contributed by atoms with van der Waals surface area (Å²) in [7, 11) is 0. The molecule has 0 amide bonds. The van der Waals surface area contributed by atoms with Crippen molar-refractivity contribution in [2.45, 2.75) is 39.0 Å². The van der Waals surface area contributed by atoms with E-state index in [2.05, 4.69) is 61.1 Å². The van der Waals surface area contributed by atoms with E-state index in [-0.39, 0.29) is 5.41 Å². The molecule has 0 spiro atoms. The third-order valence-corrected chi connectivity index (χ3v) is 4.63. The van der Waals surface area contributed by atoms with Gasteiger partial charge in [0.1, 0.15) is 0 Å². The smallest absolute Gasteiger partial charge is 0.0889 e. The molecule has 1 aliphatic carbocycles. The molecule has 2 unspecified atom stereocenters. The Kier molecular flexibility index (Phi) is 3.62. The van der Waals surface area contributed by atoms with Crippen molar-refractivity contribution in [2.75, 3.05) is 0 Å². The molecule has 2 aromatic heterocycles. The van der Waals surface area contributed by atoms with Crippen molar-refractivity contribution in [1.82, 2.24) is 9.97 Å².